The molecule has 0 radical (unpaired) electrons. The number of hydrogen-bond donors (Lipinski definition) is 1. The lowest BCUT2D eigenvalue weighted by molar-refractivity contribution is 0.0988. The number of rotatable bonds is 4. The summed E-state index contributed by atoms with van der Waals surface area (Å²) in [5.74, 6) is -0.104. The van der Waals surface area contributed by atoms with Crippen LogP contribution < -0.4 is 5.73 Å². The Bertz CT molecular complexity index is 785. The zero-order valence-corrected chi connectivity index (χ0v) is 13.5. The lowest BCUT2D eigenvalue weighted by atomic mass is 9.92. The van der Waals surface area contributed by atoms with Crippen molar-refractivity contribution in [1.82, 2.24) is 9.97 Å². The Morgan fingerprint density at radius 1 is 1.52 bits per heavy atom. The molecule has 0 saturated heterocycles. The molecule has 6 nitrogen and oxygen atoms in total. The molecule has 0 fully saturated rings. The molecule has 23 heavy (non-hydrogen) atoms. The number of Topliss-reactive ketones (excluding diaryl/α,β-unsaturated/α-hetero) is 1. The highest BCUT2D eigenvalue weighted by Gasteiger charge is 2.32. The topological polar surface area (TPSA) is 94.4 Å². The summed E-state index contributed by atoms with van der Waals surface area (Å²) >= 11 is 1.38. The summed E-state index contributed by atoms with van der Waals surface area (Å²) in [5.41, 5.74) is 7.25. The molecule has 3 rings (SSSR count). The molecule has 0 aromatic carbocycles. The van der Waals surface area contributed by atoms with Gasteiger partial charge in [0, 0.05) is 19.0 Å². The average molecular weight is 328 g/mol. The van der Waals surface area contributed by atoms with Crippen LogP contribution in [0.25, 0.3) is 0 Å². The minimum Gasteiger partial charge on any atom is -0.451 e. The van der Waals surface area contributed by atoms with Crippen LogP contribution in [-0.2, 0) is 12.0 Å². The Morgan fingerprint density at radius 2 is 2.35 bits per heavy atom. The standard InChI is InChI=1S/C16H16N4O2S/c1-10-7-16(2,20-15(17)23-10)14-6-11(3-4-18-14)5-13(21)12-8-22-9-19-12/h3-4,6,8-9H,1,5,7H2,2H3,(H2,17,20)/t16-/m0/s1. The van der Waals surface area contributed by atoms with Gasteiger partial charge in [0.1, 0.15) is 17.5 Å². The molecule has 0 spiro atoms. The molecular weight excluding hydrogens is 312 g/mol. The smallest absolute Gasteiger partial charge is 0.188 e. The van der Waals surface area contributed by atoms with Crippen LogP contribution in [0.5, 0.6) is 0 Å². The Kier molecular flexibility index (Phi) is 4.04. The van der Waals surface area contributed by atoms with Crippen LogP contribution in [0.2, 0.25) is 0 Å². The first-order valence-corrected chi connectivity index (χ1v) is 7.86. The minimum absolute atomic E-state index is 0.104. The van der Waals surface area contributed by atoms with Gasteiger partial charge in [-0.25, -0.2) is 9.98 Å². The lowest BCUT2D eigenvalue weighted by Crippen LogP contribution is -2.28. The fourth-order valence-corrected chi connectivity index (χ4v) is 3.42. The highest BCUT2D eigenvalue weighted by molar-refractivity contribution is 8.17. The van der Waals surface area contributed by atoms with Gasteiger partial charge in [-0.2, -0.15) is 0 Å². The fraction of sp³-hybridized carbons (Fsp3) is 0.250. The van der Waals surface area contributed by atoms with Gasteiger partial charge in [-0.1, -0.05) is 18.3 Å². The van der Waals surface area contributed by atoms with Crippen LogP contribution in [0.1, 0.15) is 35.1 Å². The van der Waals surface area contributed by atoms with Crippen LogP contribution in [-0.4, -0.2) is 20.9 Å². The first-order valence-electron chi connectivity index (χ1n) is 7.04. The second-order valence-electron chi connectivity index (χ2n) is 5.56. The van der Waals surface area contributed by atoms with Gasteiger partial charge in [0.05, 0.1) is 5.69 Å². The number of pyridine rings is 1. The number of nitrogens with zero attached hydrogens (tertiary/aromatic N) is 3. The average Bonchev–Trinajstić information content (AvgIpc) is 3.00. The predicted molar refractivity (Wildman–Crippen MR) is 89.1 cm³/mol. The van der Waals surface area contributed by atoms with E-state index in [-0.39, 0.29) is 12.2 Å². The second kappa shape index (κ2) is 6.00. The molecule has 0 saturated carbocycles. The van der Waals surface area contributed by atoms with Crippen molar-refractivity contribution in [2.45, 2.75) is 25.3 Å². The van der Waals surface area contributed by atoms with E-state index in [4.69, 9.17) is 10.2 Å². The molecule has 7 heteroatoms. The molecule has 3 heterocycles. The molecule has 0 bridgehead atoms. The molecule has 0 aliphatic carbocycles. The third-order valence-corrected chi connectivity index (χ3v) is 4.34. The van der Waals surface area contributed by atoms with E-state index < -0.39 is 5.54 Å². The lowest BCUT2D eigenvalue weighted by Gasteiger charge is -2.30. The summed E-state index contributed by atoms with van der Waals surface area (Å²) in [5, 5.41) is 0.481. The third-order valence-electron chi connectivity index (χ3n) is 3.61. The van der Waals surface area contributed by atoms with Gasteiger partial charge in [0.25, 0.3) is 0 Å². The summed E-state index contributed by atoms with van der Waals surface area (Å²) in [6.45, 7) is 5.96. The Hall–Kier alpha value is -2.41. The Labute approximate surface area is 137 Å². The molecule has 1 atom stereocenters. The highest BCUT2D eigenvalue weighted by Crippen LogP contribution is 2.39. The van der Waals surface area contributed by atoms with Crippen LogP contribution in [0, 0.1) is 0 Å². The molecule has 2 N–H and O–H groups in total. The maximum atomic E-state index is 12.1. The van der Waals surface area contributed by atoms with Gasteiger partial charge in [0.2, 0.25) is 0 Å². The van der Waals surface area contributed by atoms with Gasteiger partial charge >= 0.3 is 0 Å². The van der Waals surface area contributed by atoms with Crippen LogP contribution in [0.4, 0.5) is 0 Å². The molecule has 0 amide bonds. The van der Waals surface area contributed by atoms with Gasteiger partial charge in [-0.05, 0) is 29.5 Å². The zero-order valence-electron chi connectivity index (χ0n) is 12.7. The monoisotopic (exact) mass is 328 g/mol. The number of carbonyl (C=O) groups is 1. The number of nitrogens with two attached hydrogens (primary N) is 1. The largest absolute Gasteiger partial charge is 0.451 e. The normalized spacial score (nSPS) is 21.1. The van der Waals surface area contributed by atoms with Crippen LogP contribution >= 0.6 is 11.8 Å². The number of aromatic nitrogens is 2. The van der Waals surface area contributed by atoms with Gasteiger partial charge in [-0.3, -0.25) is 9.78 Å². The zero-order chi connectivity index (χ0) is 16.4. The molecule has 2 aromatic heterocycles. The van der Waals surface area contributed by atoms with E-state index in [1.165, 1.54) is 24.4 Å². The molecule has 118 valence electrons. The quantitative estimate of drug-likeness (QED) is 0.867. The molecular formula is C16H16N4O2S. The maximum Gasteiger partial charge on any atom is 0.188 e. The Balaban J connectivity index is 1.87. The highest BCUT2D eigenvalue weighted by atomic mass is 32.2. The summed E-state index contributed by atoms with van der Waals surface area (Å²) in [4.78, 5) is 25.9. The van der Waals surface area contributed by atoms with E-state index in [1.807, 2.05) is 19.1 Å². The van der Waals surface area contributed by atoms with Crippen molar-refractivity contribution in [2.75, 3.05) is 0 Å². The number of thioether (sulfide) groups is 1. The first-order chi connectivity index (χ1) is 11.0. The van der Waals surface area contributed by atoms with E-state index >= 15 is 0 Å². The van der Waals surface area contributed by atoms with E-state index in [0.29, 0.717) is 17.3 Å². The van der Waals surface area contributed by atoms with Crippen molar-refractivity contribution < 1.29 is 9.21 Å². The summed E-state index contributed by atoms with van der Waals surface area (Å²) in [6.07, 6.45) is 5.16. The summed E-state index contributed by atoms with van der Waals surface area (Å²) in [7, 11) is 0. The minimum atomic E-state index is -0.556. The number of aliphatic imine (C=N–C) groups is 1. The van der Waals surface area contributed by atoms with E-state index in [0.717, 1.165) is 16.2 Å². The number of carbonyl (C=O) groups excluding carboxylic acids is 1. The first kappa shape index (κ1) is 15.5. The second-order valence-corrected chi connectivity index (χ2v) is 6.76. The van der Waals surface area contributed by atoms with E-state index in [2.05, 4.69) is 21.5 Å². The van der Waals surface area contributed by atoms with Crippen molar-refractivity contribution in [1.29, 1.82) is 0 Å². The SMILES string of the molecule is C=C1C[C@@](C)(c2cc(CC(=O)c3cocn3)ccn2)N=C(N)S1. The fourth-order valence-electron chi connectivity index (χ4n) is 2.53. The van der Waals surface area contributed by atoms with Gasteiger partial charge in [0.15, 0.2) is 17.3 Å². The van der Waals surface area contributed by atoms with E-state index in [1.54, 1.807) is 6.20 Å². The van der Waals surface area contributed by atoms with Crippen molar-refractivity contribution in [3.05, 3.63) is 59.4 Å². The maximum absolute atomic E-state index is 12.1. The molecule has 2 aromatic rings. The summed E-state index contributed by atoms with van der Waals surface area (Å²) in [6, 6.07) is 3.70. The molecule has 0 unspecified atom stereocenters. The van der Waals surface area contributed by atoms with Crippen molar-refractivity contribution >= 4 is 22.7 Å². The predicted octanol–water partition coefficient (Wildman–Crippen LogP) is 2.68. The van der Waals surface area contributed by atoms with Crippen molar-refractivity contribution in [2.24, 2.45) is 10.7 Å². The van der Waals surface area contributed by atoms with Crippen LogP contribution in [0.3, 0.4) is 0 Å². The molecule has 1 aliphatic heterocycles. The number of oxazole rings is 1. The summed E-state index contributed by atoms with van der Waals surface area (Å²) < 4.78 is 4.84. The third kappa shape index (κ3) is 3.34. The van der Waals surface area contributed by atoms with Crippen molar-refractivity contribution in [3.63, 3.8) is 0 Å². The van der Waals surface area contributed by atoms with Crippen LogP contribution in [0.15, 0.2) is 51.9 Å². The van der Waals surface area contributed by atoms with Gasteiger partial charge in [-0.15, -0.1) is 0 Å². The van der Waals surface area contributed by atoms with E-state index in [9.17, 15) is 4.79 Å². The number of ketones is 1. The number of amidine groups is 1. The number of hydrogen-bond acceptors (Lipinski definition) is 7. The Morgan fingerprint density at radius 3 is 3.04 bits per heavy atom. The van der Waals surface area contributed by atoms with Crippen molar-refractivity contribution in [3.8, 4) is 0 Å². The molecule has 1 aliphatic rings. The van der Waals surface area contributed by atoms with Gasteiger partial charge < -0.3 is 10.2 Å².